The molecule has 0 aliphatic rings. The quantitative estimate of drug-likeness (QED) is 0.943. The Labute approximate surface area is 118 Å². The fourth-order valence-corrected chi connectivity index (χ4v) is 2.99. The van der Waals surface area contributed by atoms with Crippen LogP contribution in [0.3, 0.4) is 0 Å². The first kappa shape index (κ1) is 14.1. The molecule has 0 aromatic heterocycles. The van der Waals surface area contributed by atoms with Gasteiger partial charge in [-0.05, 0) is 55.3 Å². The number of hydrogen-bond donors (Lipinski definition) is 1. The number of aryl methyl sites for hydroxylation is 2. The third-order valence-corrected chi connectivity index (χ3v) is 4.28. The number of sulfonamides is 1. The first-order chi connectivity index (χ1) is 9.42. The molecule has 0 aliphatic heterocycles. The number of nitrogens with one attached hydrogen (secondary N) is 1. The maximum atomic E-state index is 12.3. The van der Waals surface area contributed by atoms with E-state index in [0.717, 1.165) is 5.56 Å². The molecule has 0 spiro atoms. The van der Waals surface area contributed by atoms with Crippen molar-refractivity contribution in [3.05, 3.63) is 59.2 Å². The number of hydrogen-bond acceptors (Lipinski definition) is 3. The monoisotopic (exact) mass is 286 g/mol. The van der Waals surface area contributed by atoms with Crippen LogP contribution < -0.4 is 4.72 Å². The minimum Gasteiger partial charge on any atom is -0.280 e. The van der Waals surface area contributed by atoms with Gasteiger partial charge in [0.15, 0.2) is 0 Å². The van der Waals surface area contributed by atoms with Gasteiger partial charge >= 0.3 is 0 Å². The van der Waals surface area contributed by atoms with Crippen LogP contribution in [0.2, 0.25) is 0 Å². The topological polar surface area (TPSA) is 70.0 Å². The van der Waals surface area contributed by atoms with Crippen LogP contribution in [0.5, 0.6) is 0 Å². The van der Waals surface area contributed by atoms with Crippen LogP contribution in [0.25, 0.3) is 0 Å². The number of nitrogens with zero attached hydrogens (tertiary/aromatic N) is 1. The zero-order valence-corrected chi connectivity index (χ0v) is 12.0. The maximum absolute atomic E-state index is 12.3. The van der Waals surface area contributed by atoms with Gasteiger partial charge in [0.25, 0.3) is 10.0 Å². The predicted molar refractivity (Wildman–Crippen MR) is 77.9 cm³/mol. The second kappa shape index (κ2) is 5.35. The van der Waals surface area contributed by atoms with Crippen molar-refractivity contribution in [2.75, 3.05) is 4.72 Å². The lowest BCUT2D eigenvalue weighted by molar-refractivity contribution is 0.601. The summed E-state index contributed by atoms with van der Waals surface area (Å²) in [6.45, 7) is 3.61. The summed E-state index contributed by atoms with van der Waals surface area (Å²) in [5.74, 6) is 0. The van der Waals surface area contributed by atoms with Gasteiger partial charge in [0.05, 0.1) is 16.5 Å². The average molecular weight is 286 g/mol. The molecule has 0 aliphatic carbocycles. The van der Waals surface area contributed by atoms with E-state index in [1.54, 1.807) is 25.1 Å². The third-order valence-electron chi connectivity index (χ3n) is 2.90. The molecule has 2 aromatic carbocycles. The number of rotatable bonds is 3. The second-order valence-corrected chi connectivity index (χ2v) is 6.25. The molecule has 0 heterocycles. The van der Waals surface area contributed by atoms with Crippen LogP contribution >= 0.6 is 0 Å². The van der Waals surface area contributed by atoms with Crippen molar-refractivity contribution in [2.45, 2.75) is 18.7 Å². The van der Waals surface area contributed by atoms with Crippen molar-refractivity contribution < 1.29 is 8.42 Å². The predicted octanol–water partition coefficient (Wildman–Crippen LogP) is 2.98. The van der Waals surface area contributed by atoms with E-state index >= 15 is 0 Å². The molecule has 5 heteroatoms. The van der Waals surface area contributed by atoms with Crippen LogP contribution in [-0.4, -0.2) is 8.42 Å². The zero-order chi connectivity index (χ0) is 14.8. The Kier molecular flexibility index (Phi) is 3.77. The number of anilines is 1. The highest BCUT2D eigenvalue weighted by Crippen LogP contribution is 2.19. The molecule has 0 bridgehead atoms. The molecule has 0 fully saturated rings. The van der Waals surface area contributed by atoms with Crippen LogP contribution in [0.4, 0.5) is 5.69 Å². The first-order valence-electron chi connectivity index (χ1n) is 6.02. The standard InChI is InChI=1S/C15H14N2O2S/c1-11-4-3-5-14(8-11)17-20(18,19)15-7-6-13(10-16)12(2)9-15/h3-9,17H,1-2H3. The molecule has 0 radical (unpaired) electrons. The van der Waals surface area contributed by atoms with Gasteiger partial charge in [0.1, 0.15) is 0 Å². The summed E-state index contributed by atoms with van der Waals surface area (Å²) < 4.78 is 27.1. The van der Waals surface area contributed by atoms with E-state index in [1.165, 1.54) is 18.2 Å². The Bertz CT molecular complexity index is 790. The Morgan fingerprint density at radius 1 is 1.10 bits per heavy atom. The van der Waals surface area contributed by atoms with Crippen LogP contribution in [-0.2, 0) is 10.0 Å². The SMILES string of the molecule is Cc1cccc(NS(=O)(=O)c2ccc(C#N)c(C)c2)c1. The number of nitriles is 1. The molecule has 0 atom stereocenters. The molecule has 1 N–H and O–H groups in total. The fraction of sp³-hybridized carbons (Fsp3) is 0.133. The van der Waals surface area contributed by atoms with Crippen LogP contribution in [0, 0.1) is 25.2 Å². The van der Waals surface area contributed by atoms with E-state index in [2.05, 4.69) is 4.72 Å². The van der Waals surface area contributed by atoms with E-state index in [0.29, 0.717) is 16.8 Å². The van der Waals surface area contributed by atoms with Gasteiger partial charge in [-0.25, -0.2) is 8.42 Å². The van der Waals surface area contributed by atoms with Crippen molar-refractivity contribution >= 4 is 15.7 Å². The maximum Gasteiger partial charge on any atom is 0.261 e. The van der Waals surface area contributed by atoms with Gasteiger partial charge in [-0.15, -0.1) is 0 Å². The number of benzene rings is 2. The van der Waals surface area contributed by atoms with E-state index in [9.17, 15) is 8.42 Å². The lowest BCUT2D eigenvalue weighted by Crippen LogP contribution is -2.13. The Hall–Kier alpha value is -2.32. The lowest BCUT2D eigenvalue weighted by atomic mass is 10.1. The molecular formula is C15H14N2O2S. The van der Waals surface area contributed by atoms with Crippen LogP contribution in [0.15, 0.2) is 47.4 Å². The van der Waals surface area contributed by atoms with E-state index < -0.39 is 10.0 Å². The molecule has 20 heavy (non-hydrogen) atoms. The summed E-state index contributed by atoms with van der Waals surface area (Å²) in [5, 5.41) is 8.86. The second-order valence-electron chi connectivity index (χ2n) is 4.56. The fourth-order valence-electron chi connectivity index (χ4n) is 1.85. The third kappa shape index (κ3) is 2.98. The molecule has 0 unspecified atom stereocenters. The molecule has 4 nitrogen and oxygen atoms in total. The van der Waals surface area contributed by atoms with Crippen molar-refractivity contribution in [3.8, 4) is 6.07 Å². The first-order valence-corrected chi connectivity index (χ1v) is 7.51. The highest BCUT2D eigenvalue weighted by molar-refractivity contribution is 7.92. The Balaban J connectivity index is 2.36. The van der Waals surface area contributed by atoms with Crippen molar-refractivity contribution in [1.29, 1.82) is 5.26 Å². The smallest absolute Gasteiger partial charge is 0.261 e. The minimum absolute atomic E-state index is 0.149. The van der Waals surface area contributed by atoms with Gasteiger partial charge in [0.2, 0.25) is 0 Å². The molecule has 0 amide bonds. The van der Waals surface area contributed by atoms with Gasteiger partial charge in [-0.3, -0.25) is 4.72 Å². The van der Waals surface area contributed by atoms with Crippen molar-refractivity contribution in [1.82, 2.24) is 0 Å². The Morgan fingerprint density at radius 2 is 1.85 bits per heavy atom. The summed E-state index contributed by atoms with van der Waals surface area (Å²) in [4.78, 5) is 0.149. The van der Waals surface area contributed by atoms with Gasteiger partial charge in [-0.2, -0.15) is 5.26 Å². The zero-order valence-electron chi connectivity index (χ0n) is 11.2. The summed E-state index contributed by atoms with van der Waals surface area (Å²) in [7, 11) is -3.64. The van der Waals surface area contributed by atoms with Gasteiger partial charge < -0.3 is 0 Å². The summed E-state index contributed by atoms with van der Waals surface area (Å²) in [6, 6.07) is 13.6. The van der Waals surface area contributed by atoms with E-state index in [1.807, 2.05) is 19.1 Å². The summed E-state index contributed by atoms with van der Waals surface area (Å²) >= 11 is 0. The largest absolute Gasteiger partial charge is 0.280 e. The normalized spacial score (nSPS) is 10.8. The molecular weight excluding hydrogens is 272 g/mol. The molecule has 2 aromatic rings. The highest BCUT2D eigenvalue weighted by atomic mass is 32.2. The molecule has 2 rings (SSSR count). The average Bonchev–Trinajstić information content (AvgIpc) is 2.38. The summed E-state index contributed by atoms with van der Waals surface area (Å²) in [5.41, 5.74) is 2.60. The Morgan fingerprint density at radius 3 is 2.45 bits per heavy atom. The van der Waals surface area contributed by atoms with Gasteiger partial charge in [-0.1, -0.05) is 12.1 Å². The van der Waals surface area contributed by atoms with Crippen molar-refractivity contribution in [2.24, 2.45) is 0 Å². The molecule has 0 saturated heterocycles. The van der Waals surface area contributed by atoms with Crippen LogP contribution in [0.1, 0.15) is 16.7 Å². The van der Waals surface area contributed by atoms with E-state index in [-0.39, 0.29) is 4.90 Å². The summed E-state index contributed by atoms with van der Waals surface area (Å²) in [6.07, 6.45) is 0. The lowest BCUT2D eigenvalue weighted by Gasteiger charge is -2.09. The van der Waals surface area contributed by atoms with Crippen molar-refractivity contribution in [3.63, 3.8) is 0 Å². The molecule has 0 saturated carbocycles. The molecule has 102 valence electrons. The highest BCUT2D eigenvalue weighted by Gasteiger charge is 2.15. The minimum atomic E-state index is -3.64. The van der Waals surface area contributed by atoms with Gasteiger partial charge in [0, 0.05) is 5.69 Å². The van der Waals surface area contributed by atoms with E-state index in [4.69, 9.17) is 5.26 Å².